The SMILES string of the molecule is COCCNCCNC(=O)c1oc2ccccc2c1COC.Cl. The Labute approximate surface area is 141 Å². The number of halogens is 1. The number of methoxy groups -OCH3 is 2. The lowest BCUT2D eigenvalue weighted by Gasteiger charge is -2.06. The summed E-state index contributed by atoms with van der Waals surface area (Å²) in [4.78, 5) is 12.3. The molecule has 1 aromatic carbocycles. The molecule has 0 radical (unpaired) electrons. The van der Waals surface area contributed by atoms with Crippen molar-refractivity contribution >= 4 is 29.3 Å². The summed E-state index contributed by atoms with van der Waals surface area (Å²) in [5, 5.41) is 6.92. The molecule has 1 aromatic heterocycles. The normalized spacial score (nSPS) is 10.5. The molecule has 0 aliphatic carbocycles. The van der Waals surface area contributed by atoms with E-state index in [0.29, 0.717) is 37.6 Å². The average molecular weight is 343 g/mol. The molecule has 2 N–H and O–H groups in total. The van der Waals surface area contributed by atoms with Gasteiger partial charge in [0.1, 0.15) is 5.58 Å². The Kier molecular flexibility index (Phi) is 8.65. The van der Waals surface area contributed by atoms with Crippen molar-refractivity contribution in [3.05, 3.63) is 35.6 Å². The smallest absolute Gasteiger partial charge is 0.287 e. The minimum absolute atomic E-state index is 0. The molecule has 1 heterocycles. The van der Waals surface area contributed by atoms with Gasteiger partial charge in [-0.2, -0.15) is 0 Å². The van der Waals surface area contributed by atoms with Gasteiger partial charge in [-0.3, -0.25) is 4.79 Å². The van der Waals surface area contributed by atoms with Gasteiger partial charge in [-0.1, -0.05) is 18.2 Å². The molecular weight excluding hydrogens is 320 g/mol. The highest BCUT2D eigenvalue weighted by Crippen LogP contribution is 2.26. The van der Waals surface area contributed by atoms with E-state index >= 15 is 0 Å². The van der Waals surface area contributed by atoms with Crippen molar-refractivity contribution in [2.45, 2.75) is 6.61 Å². The van der Waals surface area contributed by atoms with Crippen LogP contribution in [-0.4, -0.2) is 46.4 Å². The number of rotatable bonds is 9. The predicted octanol–water partition coefficient (Wildman–Crippen LogP) is 1.97. The van der Waals surface area contributed by atoms with Crippen molar-refractivity contribution in [1.82, 2.24) is 10.6 Å². The molecule has 0 saturated carbocycles. The summed E-state index contributed by atoms with van der Waals surface area (Å²) in [5.74, 6) is 0.0942. The first-order valence-corrected chi connectivity index (χ1v) is 7.25. The maximum atomic E-state index is 12.3. The number of para-hydroxylation sites is 1. The Morgan fingerprint density at radius 2 is 1.91 bits per heavy atom. The molecule has 0 aliphatic rings. The summed E-state index contributed by atoms with van der Waals surface area (Å²) >= 11 is 0. The van der Waals surface area contributed by atoms with E-state index in [1.807, 2.05) is 24.3 Å². The number of hydrogen-bond donors (Lipinski definition) is 2. The van der Waals surface area contributed by atoms with Crippen LogP contribution in [0.1, 0.15) is 16.1 Å². The highest BCUT2D eigenvalue weighted by Gasteiger charge is 2.19. The van der Waals surface area contributed by atoms with E-state index in [9.17, 15) is 4.79 Å². The molecule has 0 atom stereocenters. The van der Waals surface area contributed by atoms with Crippen LogP contribution >= 0.6 is 12.4 Å². The molecule has 128 valence electrons. The average Bonchev–Trinajstić information content (AvgIpc) is 2.90. The van der Waals surface area contributed by atoms with Gasteiger partial charge in [0.25, 0.3) is 5.91 Å². The summed E-state index contributed by atoms with van der Waals surface area (Å²) < 4.78 is 15.8. The van der Waals surface area contributed by atoms with Crippen LogP contribution in [0, 0.1) is 0 Å². The number of carbonyl (C=O) groups is 1. The van der Waals surface area contributed by atoms with Crippen LogP contribution in [0.3, 0.4) is 0 Å². The number of ether oxygens (including phenoxy) is 2. The third-order valence-corrected chi connectivity index (χ3v) is 3.26. The quantitative estimate of drug-likeness (QED) is 0.682. The lowest BCUT2D eigenvalue weighted by atomic mass is 10.1. The molecule has 2 rings (SSSR count). The van der Waals surface area contributed by atoms with Crippen LogP contribution in [0.4, 0.5) is 0 Å². The molecule has 0 fully saturated rings. The topological polar surface area (TPSA) is 72.7 Å². The third-order valence-electron chi connectivity index (χ3n) is 3.26. The first-order valence-electron chi connectivity index (χ1n) is 7.25. The minimum Gasteiger partial charge on any atom is -0.451 e. The van der Waals surface area contributed by atoms with Crippen molar-refractivity contribution in [1.29, 1.82) is 0 Å². The molecular formula is C16H23ClN2O4. The second-order valence-electron chi connectivity index (χ2n) is 4.84. The predicted molar refractivity (Wildman–Crippen MR) is 91.3 cm³/mol. The van der Waals surface area contributed by atoms with E-state index in [0.717, 1.165) is 17.5 Å². The Morgan fingerprint density at radius 3 is 2.65 bits per heavy atom. The maximum Gasteiger partial charge on any atom is 0.287 e. The minimum atomic E-state index is -0.225. The number of hydrogen-bond acceptors (Lipinski definition) is 5. The van der Waals surface area contributed by atoms with E-state index in [2.05, 4.69) is 10.6 Å². The Balaban J connectivity index is 0.00000264. The van der Waals surface area contributed by atoms with Gasteiger partial charge in [-0.25, -0.2) is 0 Å². The van der Waals surface area contributed by atoms with Gasteiger partial charge in [0.15, 0.2) is 5.76 Å². The van der Waals surface area contributed by atoms with E-state index in [-0.39, 0.29) is 18.3 Å². The van der Waals surface area contributed by atoms with Gasteiger partial charge in [0.05, 0.1) is 13.2 Å². The van der Waals surface area contributed by atoms with E-state index in [1.165, 1.54) is 0 Å². The molecule has 2 aromatic rings. The Morgan fingerprint density at radius 1 is 1.13 bits per heavy atom. The summed E-state index contributed by atoms with van der Waals surface area (Å²) in [6.07, 6.45) is 0. The first kappa shape index (κ1) is 19.4. The number of nitrogens with one attached hydrogen (secondary N) is 2. The number of furan rings is 1. The van der Waals surface area contributed by atoms with Crippen LogP contribution in [0.5, 0.6) is 0 Å². The zero-order valence-corrected chi connectivity index (χ0v) is 14.2. The van der Waals surface area contributed by atoms with Gasteiger partial charge < -0.3 is 24.5 Å². The number of fused-ring (bicyclic) bond motifs is 1. The van der Waals surface area contributed by atoms with Crippen LogP contribution < -0.4 is 10.6 Å². The fraction of sp³-hybridized carbons (Fsp3) is 0.438. The highest BCUT2D eigenvalue weighted by molar-refractivity contribution is 5.99. The third kappa shape index (κ3) is 5.21. The molecule has 0 aliphatic heterocycles. The van der Waals surface area contributed by atoms with Crippen LogP contribution in [0.15, 0.2) is 28.7 Å². The summed E-state index contributed by atoms with van der Waals surface area (Å²) in [7, 11) is 3.26. The van der Waals surface area contributed by atoms with Gasteiger partial charge >= 0.3 is 0 Å². The molecule has 23 heavy (non-hydrogen) atoms. The molecule has 1 amide bonds. The summed E-state index contributed by atoms with van der Waals surface area (Å²) in [6, 6.07) is 7.57. The van der Waals surface area contributed by atoms with E-state index < -0.39 is 0 Å². The standard InChI is InChI=1S/C16H22N2O4.ClH/c1-20-10-9-17-7-8-18-16(19)15-13(11-21-2)12-5-3-4-6-14(12)22-15;/h3-6,17H,7-11H2,1-2H3,(H,18,19);1H. The number of amides is 1. The molecule has 6 nitrogen and oxygen atoms in total. The molecule has 0 bridgehead atoms. The maximum absolute atomic E-state index is 12.3. The number of benzene rings is 1. The first-order chi connectivity index (χ1) is 10.8. The van der Waals surface area contributed by atoms with Gasteiger partial charge in [-0.05, 0) is 6.07 Å². The van der Waals surface area contributed by atoms with Gasteiger partial charge in [-0.15, -0.1) is 12.4 Å². The lowest BCUT2D eigenvalue weighted by Crippen LogP contribution is -2.33. The van der Waals surface area contributed by atoms with Crippen molar-refractivity contribution in [3.8, 4) is 0 Å². The molecule has 0 unspecified atom stereocenters. The van der Waals surface area contributed by atoms with Gasteiger partial charge in [0, 0.05) is 44.8 Å². The van der Waals surface area contributed by atoms with Crippen molar-refractivity contribution in [2.75, 3.05) is 40.5 Å². The molecule has 0 saturated heterocycles. The van der Waals surface area contributed by atoms with Crippen molar-refractivity contribution in [3.63, 3.8) is 0 Å². The monoisotopic (exact) mass is 342 g/mol. The molecule has 0 spiro atoms. The van der Waals surface area contributed by atoms with Crippen molar-refractivity contribution < 1.29 is 18.7 Å². The molecule has 7 heteroatoms. The highest BCUT2D eigenvalue weighted by atomic mass is 35.5. The number of carbonyl (C=O) groups excluding carboxylic acids is 1. The van der Waals surface area contributed by atoms with Crippen LogP contribution in [0.2, 0.25) is 0 Å². The van der Waals surface area contributed by atoms with Crippen molar-refractivity contribution in [2.24, 2.45) is 0 Å². The van der Waals surface area contributed by atoms with Crippen LogP contribution in [0.25, 0.3) is 11.0 Å². The van der Waals surface area contributed by atoms with E-state index in [1.54, 1.807) is 14.2 Å². The Bertz CT molecular complexity index is 615. The van der Waals surface area contributed by atoms with Crippen LogP contribution in [-0.2, 0) is 16.1 Å². The lowest BCUT2D eigenvalue weighted by molar-refractivity contribution is 0.0921. The summed E-state index contributed by atoms with van der Waals surface area (Å²) in [5.41, 5.74) is 1.47. The zero-order chi connectivity index (χ0) is 15.8. The largest absolute Gasteiger partial charge is 0.451 e. The fourth-order valence-electron chi connectivity index (χ4n) is 2.21. The second-order valence-corrected chi connectivity index (χ2v) is 4.84. The zero-order valence-electron chi connectivity index (χ0n) is 13.4. The fourth-order valence-corrected chi connectivity index (χ4v) is 2.21. The Hall–Kier alpha value is -1.60. The summed E-state index contributed by atoms with van der Waals surface area (Å²) in [6.45, 7) is 2.94. The van der Waals surface area contributed by atoms with E-state index in [4.69, 9.17) is 13.9 Å². The second kappa shape index (κ2) is 10.2. The van der Waals surface area contributed by atoms with Gasteiger partial charge in [0.2, 0.25) is 0 Å².